The highest BCUT2D eigenvalue weighted by atomic mass is 16.2. The summed E-state index contributed by atoms with van der Waals surface area (Å²) < 4.78 is 4.53. The topological polar surface area (TPSA) is 86.2 Å². The standard InChI is InChI=1S/C19H24N6O2/c1-23-15-14(16(26)24(2)18(23)27)25-9-13(21-22-17(25)20-15)19-6-10-3-11(7-19)5-12(4-10)8-19/h10-12H,3-9H2,1-2H3,(H,20,22). The molecular weight excluding hydrogens is 344 g/mol. The minimum absolute atomic E-state index is 0.182. The van der Waals surface area contributed by atoms with Crippen molar-refractivity contribution in [3.63, 3.8) is 0 Å². The van der Waals surface area contributed by atoms with Gasteiger partial charge in [-0.15, -0.1) is 0 Å². The molecule has 0 spiro atoms. The molecule has 7 rings (SSSR count). The Labute approximate surface area is 155 Å². The zero-order valence-corrected chi connectivity index (χ0v) is 15.7. The number of aromatic nitrogens is 4. The summed E-state index contributed by atoms with van der Waals surface area (Å²) >= 11 is 0. The number of nitrogens with one attached hydrogen (secondary N) is 1. The van der Waals surface area contributed by atoms with E-state index >= 15 is 0 Å². The fraction of sp³-hybridized carbons (Fsp3) is 0.684. The summed E-state index contributed by atoms with van der Waals surface area (Å²) in [4.78, 5) is 29.5. The maximum absolute atomic E-state index is 12.8. The molecular formula is C19H24N6O2. The Hall–Kier alpha value is -2.38. The highest BCUT2D eigenvalue weighted by Gasteiger charge is 2.53. The van der Waals surface area contributed by atoms with Gasteiger partial charge >= 0.3 is 5.69 Å². The van der Waals surface area contributed by atoms with Crippen LogP contribution < -0.4 is 16.7 Å². The fourth-order valence-electron chi connectivity index (χ4n) is 6.74. The summed E-state index contributed by atoms with van der Waals surface area (Å²) in [6.45, 7) is 0.596. The van der Waals surface area contributed by atoms with Gasteiger partial charge in [0.2, 0.25) is 5.95 Å². The number of aryl methyl sites for hydroxylation is 1. The number of fused-ring (bicyclic) bond motifs is 3. The SMILES string of the molecule is Cn1c(=O)c2c(nc3n2CC(C24CC5CC(CC(C5)C2)C4)=NN3)n(C)c1=O. The molecule has 1 N–H and O–H groups in total. The van der Waals surface area contributed by atoms with Crippen LogP contribution in [-0.2, 0) is 20.6 Å². The van der Waals surface area contributed by atoms with Crippen molar-refractivity contribution in [2.24, 2.45) is 42.4 Å². The molecule has 4 fully saturated rings. The van der Waals surface area contributed by atoms with E-state index in [1.165, 1.54) is 55.9 Å². The van der Waals surface area contributed by atoms with Crippen LogP contribution in [0.25, 0.3) is 11.2 Å². The van der Waals surface area contributed by atoms with Crippen LogP contribution in [0.5, 0.6) is 0 Å². The minimum atomic E-state index is -0.356. The first-order valence-electron chi connectivity index (χ1n) is 9.94. The number of anilines is 1. The van der Waals surface area contributed by atoms with Crippen molar-refractivity contribution in [3.05, 3.63) is 20.8 Å². The van der Waals surface area contributed by atoms with Crippen LogP contribution in [0.15, 0.2) is 14.7 Å². The zero-order chi connectivity index (χ0) is 18.5. The van der Waals surface area contributed by atoms with Gasteiger partial charge in [-0.1, -0.05) is 0 Å². The van der Waals surface area contributed by atoms with Gasteiger partial charge in [-0.05, 0) is 56.3 Å². The van der Waals surface area contributed by atoms with Gasteiger partial charge in [0, 0.05) is 19.5 Å². The van der Waals surface area contributed by atoms with E-state index in [0.717, 1.165) is 22.3 Å². The van der Waals surface area contributed by atoms with E-state index in [0.29, 0.717) is 23.7 Å². The maximum Gasteiger partial charge on any atom is 0.332 e. The average molecular weight is 368 g/mol. The third kappa shape index (κ3) is 1.93. The van der Waals surface area contributed by atoms with E-state index < -0.39 is 0 Å². The van der Waals surface area contributed by atoms with Crippen molar-refractivity contribution >= 4 is 22.8 Å². The van der Waals surface area contributed by atoms with E-state index in [4.69, 9.17) is 5.10 Å². The average Bonchev–Trinajstić information content (AvgIpc) is 3.02. The molecule has 2 aromatic heterocycles. The summed E-state index contributed by atoms with van der Waals surface area (Å²) in [5, 5.41) is 4.75. The van der Waals surface area contributed by atoms with Crippen molar-refractivity contribution in [3.8, 4) is 0 Å². The van der Waals surface area contributed by atoms with Crippen LogP contribution in [0.4, 0.5) is 5.95 Å². The lowest BCUT2D eigenvalue weighted by molar-refractivity contribution is -0.0137. The maximum atomic E-state index is 12.8. The smallest absolute Gasteiger partial charge is 0.297 e. The van der Waals surface area contributed by atoms with E-state index in [1.54, 1.807) is 7.05 Å². The van der Waals surface area contributed by atoms with Gasteiger partial charge in [0.25, 0.3) is 5.56 Å². The van der Waals surface area contributed by atoms with Gasteiger partial charge in [0.1, 0.15) is 0 Å². The van der Waals surface area contributed by atoms with Crippen LogP contribution in [0.2, 0.25) is 0 Å². The van der Waals surface area contributed by atoms with Crippen molar-refractivity contribution in [1.82, 2.24) is 18.7 Å². The van der Waals surface area contributed by atoms with Crippen molar-refractivity contribution in [2.45, 2.75) is 45.1 Å². The van der Waals surface area contributed by atoms with Gasteiger partial charge in [-0.2, -0.15) is 10.1 Å². The lowest BCUT2D eigenvalue weighted by atomic mass is 9.48. The first-order chi connectivity index (χ1) is 12.9. The Morgan fingerprint density at radius 2 is 1.63 bits per heavy atom. The zero-order valence-electron chi connectivity index (χ0n) is 15.7. The third-order valence-electron chi connectivity index (χ3n) is 7.60. The summed E-state index contributed by atoms with van der Waals surface area (Å²) in [6, 6.07) is 0. The molecule has 0 saturated heterocycles. The molecule has 2 aromatic rings. The second-order valence-corrected chi connectivity index (χ2v) is 9.27. The molecule has 3 heterocycles. The first kappa shape index (κ1) is 15.7. The van der Waals surface area contributed by atoms with Crippen molar-refractivity contribution in [1.29, 1.82) is 0 Å². The molecule has 0 radical (unpaired) electrons. The largest absolute Gasteiger partial charge is 0.332 e. The Kier molecular flexibility index (Phi) is 2.85. The second kappa shape index (κ2) is 4.91. The third-order valence-corrected chi connectivity index (χ3v) is 7.60. The molecule has 0 unspecified atom stereocenters. The summed E-state index contributed by atoms with van der Waals surface area (Å²) in [5.41, 5.74) is 4.71. The summed E-state index contributed by atoms with van der Waals surface area (Å²) in [6.07, 6.45) is 7.87. The number of hydrazone groups is 1. The highest BCUT2D eigenvalue weighted by molar-refractivity contribution is 5.94. The molecule has 0 aromatic carbocycles. The van der Waals surface area contributed by atoms with E-state index in [1.807, 2.05) is 4.57 Å². The molecule has 0 amide bonds. The summed E-state index contributed by atoms with van der Waals surface area (Å²) in [5.74, 6) is 3.08. The minimum Gasteiger partial charge on any atom is -0.297 e. The summed E-state index contributed by atoms with van der Waals surface area (Å²) in [7, 11) is 3.18. The Morgan fingerprint density at radius 1 is 1.00 bits per heavy atom. The number of rotatable bonds is 1. The quantitative estimate of drug-likeness (QED) is 0.825. The molecule has 27 heavy (non-hydrogen) atoms. The molecule has 142 valence electrons. The Bertz CT molecular complexity index is 1100. The van der Waals surface area contributed by atoms with Crippen LogP contribution in [0.3, 0.4) is 0 Å². The number of hydrogen-bond donors (Lipinski definition) is 1. The van der Waals surface area contributed by atoms with Crippen molar-refractivity contribution in [2.75, 3.05) is 5.43 Å². The Balaban J connectivity index is 1.48. The molecule has 4 aliphatic carbocycles. The molecule has 0 atom stereocenters. The molecule has 5 aliphatic rings. The fourth-order valence-corrected chi connectivity index (χ4v) is 6.74. The molecule has 1 aliphatic heterocycles. The van der Waals surface area contributed by atoms with Crippen molar-refractivity contribution < 1.29 is 0 Å². The number of imidazole rings is 1. The van der Waals surface area contributed by atoms with E-state index in [2.05, 4.69) is 10.4 Å². The lowest BCUT2D eigenvalue weighted by Crippen LogP contribution is -2.51. The predicted octanol–water partition coefficient (Wildman–Crippen LogP) is 1.43. The van der Waals surface area contributed by atoms with Crippen LogP contribution in [-0.4, -0.2) is 24.4 Å². The number of hydrogen-bond acceptors (Lipinski definition) is 5. The molecule has 4 bridgehead atoms. The highest BCUT2D eigenvalue weighted by Crippen LogP contribution is 2.60. The molecule has 4 saturated carbocycles. The van der Waals surface area contributed by atoms with E-state index in [-0.39, 0.29) is 16.7 Å². The van der Waals surface area contributed by atoms with Crippen LogP contribution in [0, 0.1) is 23.2 Å². The van der Waals surface area contributed by atoms with Gasteiger partial charge in [0.15, 0.2) is 11.2 Å². The first-order valence-corrected chi connectivity index (χ1v) is 9.94. The van der Waals surface area contributed by atoms with E-state index in [9.17, 15) is 9.59 Å². The van der Waals surface area contributed by atoms with Crippen LogP contribution >= 0.6 is 0 Å². The molecule has 8 heteroatoms. The predicted molar refractivity (Wildman–Crippen MR) is 102 cm³/mol. The monoisotopic (exact) mass is 368 g/mol. The normalized spacial score (nSPS) is 33.9. The number of nitrogens with zero attached hydrogens (tertiary/aromatic N) is 5. The van der Waals surface area contributed by atoms with Gasteiger partial charge in [-0.25, -0.2) is 10.2 Å². The molecule has 8 nitrogen and oxygen atoms in total. The Morgan fingerprint density at radius 3 is 2.26 bits per heavy atom. The van der Waals surface area contributed by atoms with Gasteiger partial charge in [-0.3, -0.25) is 18.5 Å². The van der Waals surface area contributed by atoms with Gasteiger partial charge < -0.3 is 0 Å². The lowest BCUT2D eigenvalue weighted by Gasteiger charge is -2.57. The second-order valence-electron chi connectivity index (χ2n) is 9.27. The van der Waals surface area contributed by atoms with Crippen LogP contribution in [0.1, 0.15) is 38.5 Å². The van der Waals surface area contributed by atoms with Gasteiger partial charge in [0.05, 0.1) is 12.3 Å².